The summed E-state index contributed by atoms with van der Waals surface area (Å²) in [6.07, 6.45) is 1.36. The van der Waals surface area contributed by atoms with Gasteiger partial charge in [0.25, 0.3) is 0 Å². The molecule has 0 saturated carbocycles. The van der Waals surface area contributed by atoms with Gasteiger partial charge in [0.15, 0.2) is 0 Å². The Labute approximate surface area is 127 Å². The highest BCUT2D eigenvalue weighted by Gasteiger charge is 2.15. The molecule has 0 heterocycles. The first kappa shape index (κ1) is 14.9. The van der Waals surface area contributed by atoms with Crippen molar-refractivity contribution in [3.8, 4) is 5.75 Å². The molecule has 0 radical (unpaired) electrons. The van der Waals surface area contributed by atoms with Crippen molar-refractivity contribution >= 4 is 29.5 Å². The number of benzene rings is 2. The number of urea groups is 1. The van der Waals surface area contributed by atoms with Crippen LogP contribution < -0.4 is 10.7 Å². The third-order valence-corrected chi connectivity index (χ3v) is 3.33. The fourth-order valence-electron chi connectivity index (χ4n) is 1.78. The van der Waals surface area contributed by atoms with Crippen LogP contribution in [0.25, 0.3) is 0 Å². The van der Waals surface area contributed by atoms with Crippen molar-refractivity contribution in [2.75, 3.05) is 5.01 Å². The molecule has 0 aliphatic heterocycles. The number of phenols is 1. The second-order valence-electron chi connectivity index (χ2n) is 4.34. The summed E-state index contributed by atoms with van der Waals surface area (Å²) in [7, 11) is 0. The average molecular weight is 304 g/mol. The highest BCUT2D eigenvalue weighted by Crippen LogP contribution is 2.26. The van der Waals surface area contributed by atoms with Crippen LogP contribution in [0.15, 0.2) is 47.6 Å². The number of rotatable bonds is 3. The maximum atomic E-state index is 11.6. The van der Waals surface area contributed by atoms with E-state index < -0.39 is 6.03 Å². The molecule has 5 nitrogen and oxygen atoms in total. The average Bonchev–Trinajstić information content (AvgIpc) is 2.45. The van der Waals surface area contributed by atoms with E-state index in [9.17, 15) is 9.90 Å². The number of nitrogens with two attached hydrogens (primary N) is 1. The minimum Gasteiger partial charge on any atom is -0.507 e. The third-order valence-electron chi connectivity index (χ3n) is 2.93. The zero-order chi connectivity index (χ0) is 15.4. The molecule has 0 aliphatic rings. The van der Waals surface area contributed by atoms with E-state index in [0.29, 0.717) is 21.8 Å². The normalized spacial score (nSPS) is 10.8. The Morgan fingerprint density at radius 1 is 1.29 bits per heavy atom. The number of amides is 2. The first-order chi connectivity index (χ1) is 10.0. The Balaban J connectivity index is 2.39. The minimum atomic E-state index is -0.743. The van der Waals surface area contributed by atoms with Crippen molar-refractivity contribution in [1.82, 2.24) is 0 Å². The molecule has 108 valence electrons. The summed E-state index contributed by atoms with van der Waals surface area (Å²) in [5, 5.41) is 15.3. The number of hydrazone groups is 1. The van der Waals surface area contributed by atoms with Crippen LogP contribution in [0.3, 0.4) is 0 Å². The van der Waals surface area contributed by atoms with Gasteiger partial charge in [0.2, 0.25) is 0 Å². The van der Waals surface area contributed by atoms with E-state index in [1.807, 2.05) is 0 Å². The number of hydrogen-bond donors (Lipinski definition) is 2. The zero-order valence-corrected chi connectivity index (χ0v) is 12.1. The van der Waals surface area contributed by atoms with Crippen LogP contribution in [0.2, 0.25) is 5.02 Å². The van der Waals surface area contributed by atoms with Crippen LogP contribution in [-0.4, -0.2) is 17.4 Å². The number of carbonyl (C=O) groups is 1. The van der Waals surface area contributed by atoms with Crippen molar-refractivity contribution in [3.63, 3.8) is 0 Å². The molecule has 6 heteroatoms. The summed E-state index contributed by atoms with van der Waals surface area (Å²) in [6, 6.07) is 11.0. The number of anilines is 1. The predicted molar refractivity (Wildman–Crippen MR) is 84.0 cm³/mol. The number of aromatic hydroxyl groups is 1. The van der Waals surface area contributed by atoms with Gasteiger partial charge in [-0.15, -0.1) is 0 Å². The molecule has 0 unspecified atom stereocenters. The van der Waals surface area contributed by atoms with Gasteiger partial charge in [-0.1, -0.05) is 29.8 Å². The van der Waals surface area contributed by atoms with Gasteiger partial charge in [-0.3, -0.25) is 0 Å². The van der Waals surface area contributed by atoms with E-state index in [0.717, 1.165) is 5.01 Å². The molecular formula is C15H14ClN3O2. The molecule has 3 N–H and O–H groups in total. The topological polar surface area (TPSA) is 78.9 Å². The first-order valence-corrected chi connectivity index (χ1v) is 6.55. The van der Waals surface area contributed by atoms with E-state index in [4.69, 9.17) is 17.3 Å². The van der Waals surface area contributed by atoms with Crippen molar-refractivity contribution < 1.29 is 9.90 Å². The molecule has 2 rings (SSSR count). The van der Waals surface area contributed by atoms with Crippen molar-refractivity contribution in [3.05, 3.63) is 58.6 Å². The van der Waals surface area contributed by atoms with Crippen LogP contribution in [0.1, 0.15) is 11.1 Å². The quantitative estimate of drug-likeness (QED) is 0.674. The van der Waals surface area contributed by atoms with Crippen LogP contribution in [0.4, 0.5) is 10.5 Å². The lowest BCUT2D eigenvalue weighted by atomic mass is 10.2. The van der Waals surface area contributed by atoms with Gasteiger partial charge < -0.3 is 10.8 Å². The van der Waals surface area contributed by atoms with Gasteiger partial charge >= 0.3 is 6.03 Å². The van der Waals surface area contributed by atoms with Gasteiger partial charge in [0.1, 0.15) is 5.75 Å². The summed E-state index contributed by atoms with van der Waals surface area (Å²) < 4.78 is 0. The smallest absolute Gasteiger partial charge is 0.340 e. The number of halogens is 1. The molecule has 2 aromatic carbocycles. The number of para-hydroxylation sites is 1. The van der Waals surface area contributed by atoms with Crippen molar-refractivity contribution in [2.24, 2.45) is 10.8 Å². The van der Waals surface area contributed by atoms with E-state index in [2.05, 4.69) is 5.10 Å². The van der Waals surface area contributed by atoms with Crippen molar-refractivity contribution in [1.29, 1.82) is 0 Å². The fraction of sp³-hybridized carbons (Fsp3) is 0.0667. The predicted octanol–water partition coefficient (Wildman–Crippen LogP) is 3.27. The maximum Gasteiger partial charge on any atom is 0.340 e. The van der Waals surface area contributed by atoms with Crippen LogP contribution in [-0.2, 0) is 0 Å². The Morgan fingerprint density at radius 3 is 2.67 bits per heavy atom. The molecule has 2 aromatic rings. The molecule has 0 saturated heterocycles. The SMILES string of the molecule is Cc1c(Cl)cccc1N(/N=C/c1ccccc1O)C(N)=O. The molecule has 0 bridgehead atoms. The van der Waals surface area contributed by atoms with Gasteiger partial charge in [0, 0.05) is 10.6 Å². The maximum absolute atomic E-state index is 11.6. The molecule has 0 spiro atoms. The lowest BCUT2D eigenvalue weighted by molar-refractivity contribution is 0.254. The van der Waals surface area contributed by atoms with Gasteiger partial charge in [-0.05, 0) is 36.8 Å². The fourth-order valence-corrected chi connectivity index (χ4v) is 1.95. The second kappa shape index (κ2) is 6.28. The largest absolute Gasteiger partial charge is 0.507 e. The van der Waals surface area contributed by atoms with Gasteiger partial charge in [0.05, 0.1) is 11.9 Å². The summed E-state index contributed by atoms with van der Waals surface area (Å²) in [6.45, 7) is 1.77. The highest BCUT2D eigenvalue weighted by atomic mass is 35.5. The van der Waals surface area contributed by atoms with Gasteiger partial charge in [-0.25, -0.2) is 4.79 Å². The van der Waals surface area contributed by atoms with Gasteiger partial charge in [-0.2, -0.15) is 10.1 Å². The number of phenolic OH excluding ortho intramolecular Hbond substituents is 1. The molecule has 0 aliphatic carbocycles. The van der Waals surface area contributed by atoms with E-state index in [1.165, 1.54) is 12.3 Å². The Bertz CT molecular complexity index is 701. The standard InChI is InChI=1S/C15H14ClN3O2/c1-10-12(16)6-4-7-13(10)19(15(17)21)18-9-11-5-2-3-8-14(11)20/h2-9,20H,1H3,(H2,17,21)/b18-9+. The lowest BCUT2D eigenvalue weighted by Crippen LogP contribution is -2.31. The Kier molecular flexibility index (Phi) is 4.45. The van der Waals surface area contributed by atoms with Crippen molar-refractivity contribution in [2.45, 2.75) is 6.92 Å². The minimum absolute atomic E-state index is 0.0634. The monoisotopic (exact) mass is 303 g/mol. The summed E-state index contributed by atoms with van der Waals surface area (Å²) in [4.78, 5) is 11.6. The number of hydrogen-bond acceptors (Lipinski definition) is 3. The lowest BCUT2D eigenvalue weighted by Gasteiger charge is -2.17. The molecule has 21 heavy (non-hydrogen) atoms. The molecule has 0 atom stereocenters. The number of carbonyl (C=O) groups excluding carboxylic acids is 1. The number of nitrogens with zero attached hydrogens (tertiary/aromatic N) is 2. The number of primary amides is 1. The van der Waals surface area contributed by atoms with E-state index in [-0.39, 0.29) is 5.75 Å². The second-order valence-corrected chi connectivity index (χ2v) is 4.74. The Morgan fingerprint density at radius 2 is 2.00 bits per heavy atom. The van der Waals surface area contributed by atoms with E-state index >= 15 is 0 Å². The first-order valence-electron chi connectivity index (χ1n) is 6.17. The summed E-state index contributed by atoms with van der Waals surface area (Å²) >= 11 is 6.03. The van der Waals surface area contributed by atoms with Crippen LogP contribution >= 0.6 is 11.6 Å². The third kappa shape index (κ3) is 3.32. The van der Waals surface area contributed by atoms with Crippen LogP contribution in [0, 0.1) is 6.92 Å². The summed E-state index contributed by atoms with van der Waals surface area (Å²) in [5.41, 5.74) is 7.01. The van der Waals surface area contributed by atoms with Crippen LogP contribution in [0.5, 0.6) is 5.75 Å². The molecule has 0 aromatic heterocycles. The van der Waals surface area contributed by atoms with E-state index in [1.54, 1.807) is 43.3 Å². The summed E-state index contributed by atoms with van der Waals surface area (Å²) in [5.74, 6) is 0.0634. The Hall–Kier alpha value is -2.53. The highest BCUT2D eigenvalue weighted by molar-refractivity contribution is 6.31. The zero-order valence-electron chi connectivity index (χ0n) is 11.3. The molecule has 2 amide bonds. The molecular weight excluding hydrogens is 290 g/mol. The molecule has 0 fully saturated rings.